The fraction of sp³-hybridized carbons (Fsp3) is 0.208. The number of carbonyl (C=O) groups excluding carboxylic acids is 1. The van der Waals surface area contributed by atoms with Gasteiger partial charge in [-0.1, -0.05) is 11.6 Å². The van der Waals surface area contributed by atoms with Gasteiger partial charge in [-0.25, -0.2) is 8.42 Å². The summed E-state index contributed by atoms with van der Waals surface area (Å²) in [6, 6.07) is 19.6. The van der Waals surface area contributed by atoms with Crippen molar-refractivity contribution in [1.82, 2.24) is 0 Å². The molecule has 174 valence electrons. The van der Waals surface area contributed by atoms with E-state index in [-0.39, 0.29) is 17.2 Å². The topological polar surface area (TPSA) is 93.7 Å². The molecular weight excluding hydrogens is 464 g/mol. The van der Waals surface area contributed by atoms with Gasteiger partial charge in [0.15, 0.2) is 0 Å². The molecule has 3 aromatic rings. The zero-order valence-corrected chi connectivity index (χ0v) is 19.7. The number of hydrogen-bond donors (Lipinski definition) is 2. The van der Waals surface area contributed by atoms with E-state index in [0.717, 1.165) is 0 Å². The molecule has 33 heavy (non-hydrogen) atoms. The smallest absolute Gasteiger partial charge is 0.261 e. The standard InChI is InChI=1S/C24H25ClN2O5S/c1-2-31-21-13-7-20(8-14-21)27-33(29,30)23-15-9-19(10-16-23)26-24(28)4-3-17-32-22-11-5-18(25)6-12-22/h5-16,27H,2-4,17H2,1H3,(H,26,28). The summed E-state index contributed by atoms with van der Waals surface area (Å²) in [6.45, 7) is 2.80. The summed E-state index contributed by atoms with van der Waals surface area (Å²) in [5.41, 5.74) is 0.940. The molecule has 3 aromatic carbocycles. The van der Waals surface area contributed by atoms with Crippen molar-refractivity contribution < 1.29 is 22.7 Å². The molecule has 0 bridgehead atoms. The van der Waals surface area contributed by atoms with E-state index in [9.17, 15) is 13.2 Å². The Balaban J connectivity index is 1.47. The Labute approximate surface area is 198 Å². The van der Waals surface area contributed by atoms with Gasteiger partial charge in [-0.3, -0.25) is 9.52 Å². The molecule has 0 aliphatic rings. The molecule has 0 aromatic heterocycles. The Kier molecular flexibility index (Phi) is 8.57. The Bertz CT molecular complexity index is 1150. The van der Waals surface area contributed by atoms with Crippen LogP contribution in [0, 0.1) is 0 Å². The third-order valence-corrected chi connectivity index (χ3v) is 6.15. The Hall–Kier alpha value is -3.23. The van der Waals surface area contributed by atoms with Crippen LogP contribution in [0.25, 0.3) is 0 Å². The lowest BCUT2D eigenvalue weighted by Crippen LogP contribution is -2.14. The molecule has 2 N–H and O–H groups in total. The van der Waals surface area contributed by atoms with Crippen molar-refractivity contribution in [3.8, 4) is 11.5 Å². The molecule has 0 radical (unpaired) electrons. The van der Waals surface area contributed by atoms with Crippen molar-refractivity contribution in [1.29, 1.82) is 0 Å². The number of anilines is 2. The summed E-state index contributed by atoms with van der Waals surface area (Å²) in [4.78, 5) is 12.2. The number of hydrogen-bond acceptors (Lipinski definition) is 5. The first kappa shape index (κ1) is 24.4. The Morgan fingerprint density at radius 3 is 2.06 bits per heavy atom. The van der Waals surface area contributed by atoms with Crippen LogP contribution in [-0.4, -0.2) is 27.5 Å². The summed E-state index contributed by atoms with van der Waals surface area (Å²) < 4.78 is 38.6. The van der Waals surface area contributed by atoms with Gasteiger partial charge in [0, 0.05) is 22.8 Å². The number of benzene rings is 3. The third kappa shape index (κ3) is 7.69. The van der Waals surface area contributed by atoms with Gasteiger partial charge in [0.25, 0.3) is 10.0 Å². The molecule has 1 amide bonds. The van der Waals surface area contributed by atoms with Gasteiger partial charge in [0.2, 0.25) is 5.91 Å². The normalized spacial score (nSPS) is 11.0. The lowest BCUT2D eigenvalue weighted by Gasteiger charge is -2.10. The molecule has 0 aliphatic carbocycles. The van der Waals surface area contributed by atoms with Gasteiger partial charge in [-0.15, -0.1) is 0 Å². The molecule has 3 rings (SSSR count). The highest BCUT2D eigenvalue weighted by Crippen LogP contribution is 2.21. The molecule has 0 aliphatic heterocycles. The highest BCUT2D eigenvalue weighted by atomic mass is 35.5. The maximum absolute atomic E-state index is 12.6. The number of sulfonamides is 1. The second kappa shape index (κ2) is 11.6. The molecular formula is C24H25ClN2O5S. The summed E-state index contributed by atoms with van der Waals surface area (Å²) in [5, 5.41) is 3.39. The fourth-order valence-corrected chi connectivity index (χ4v) is 4.08. The maximum atomic E-state index is 12.6. The minimum atomic E-state index is -3.76. The van der Waals surface area contributed by atoms with Gasteiger partial charge < -0.3 is 14.8 Å². The van der Waals surface area contributed by atoms with Crippen LogP contribution >= 0.6 is 11.6 Å². The highest BCUT2D eigenvalue weighted by molar-refractivity contribution is 7.92. The maximum Gasteiger partial charge on any atom is 0.261 e. The van der Waals surface area contributed by atoms with Crippen molar-refractivity contribution in [3.63, 3.8) is 0 Å². The second-order valence-electron chi connectivity index (χ2n) is 7.04. The molecule has 0 spiro atoms. The van der Waals surface area contributed by atoms with Crippen LogP contribution in [0.2, 0.25) is 5.02 Å². The van der Waals surface area contributed by atoms with Crippen molar-refractivity contribution in [2.75, 3.05) is 23.3 Å². The first-order valence-corrected chi connectivity index (χ1v) is 12.3. The highest BCUT2D eigenvalue weighted by Gasteiger charge is 2.14. The van der Waals surface area contributed by atoms with Gasteiger partial charge in [0.1, 0.15) is 11.5 Å². The van der Waals surface area contributed by atoms with Gasteiger partial charge in [-0.2, -0.15) is 0 Å². The van der Waals surface area contributed by atoms with E-state index in [1.807, 2.05) is 6.92 Å². The van der Waals surface area contributed by atoms with E-state index in [0.29, 0.717) is 47.5 Å². The number of ether oxygens (including phenoxy) is 2. The summed E-state index contributed by atoms with van der Waals surface area (Å²) in [5.74, 6) is 1.17. The SMILES string of the molecule is CCOc1ccc(NS(=O)(=O)c2ccc(NC(=O)CCCOc3ccc(Cl)cc3)cc2)cc1. The molecule has 0 fully saturated rings. The number of amides is 1. The largest absolute Gasteiger partial charge is 0.494 e. The van der Waals surface area contributed by atoms with E-state index in [2.05, 4.69) is 10.0 Å². The number of nitrogens with one attached hydrogen (secondary N) is 2. The van der Waals surface area contributed by atoms with Crippen LogP contribution < -0.4 is 19.5 Å². The fourth-order valence-electron chi connectivity index (χ4n) is 2.89. The van der Waals surface area contributed by atoms with Gasteiger partial charge in [0.05, 0.1) is 18.1 Å². The minimum Gasteiger partial charge on any atom is -0.494 e. The molecule has 0 saturated carbocycles. The molecule has 0 heterocycles. The van der Waals surface area contributed by atoms with E-state index in [1.165, 1.54) is 12.1 Å². The van der Waals surface area contributed by atoms with E-state index in [1.54, 1.807) is 60.7 Å². The summed E-state index contributed by atoms with van der Waals surface area (Å²) >= 11 is 5.83. The first-order chi connectivity index (χ1) is 15.9. The average Bonchev–Trinajstić information content (AvgIpc) is 2.80. The predicted molar refractivity (Wildman–Crippen MR) is 130 cm³/mol. The van der Waals surface area contributed by atoms with E-state index in [4.69, 9.17) is 21.1 Å². The number of carbonyl (C=O) groups is 1. The lowest BCUT2D eigenvalue weighted by molar-refractivity contribution is -0.116. The van der Waals surface area contributed by atoms with Crippen LogP contribution in [0.5, 0.6) is 11.5 Å². The summed E-state index contributed by atoms with van der Waals surface area (Å²) in [7, 11) is -3.76. The molecule has 9 heteroatoms. The predicted octanol–water partition coefficient (Wildman–Crippen LogP) is 5.34. The molecule has 0 atom stereocenters. The van der Waals surface area contributed by atoms with Crippen LogP contribution in [0.3, 0.4) is 0 Å². The Morgan fingerprint density at radius 2 is 1.42 bits per heavy atom. The van der Waals surface area contributed by atoms with Crippen molar-refractivity contribution >= 4 is 38.9 Å². The zero-order valence-electron chi connectivity index (χ0n) is 18.1. The van der Waals surface area contributed by atoms with Gasteiger partial charge >= 0.3 is 0 Å². The monoisotopic (exact) mass is 488 g/mol. The Morgan fingerprint density at radius 1 is 0.848 bits per heavy atom. The van der Waals surface area contributed by atoms with E-state index >= 15 is 0 Å². The second-order valence-corrected chi connectivity index (χ2v) is 9.16. The van der Waals surface area contributed by atoms with Crippen LogP contribution in [0.15, 0.2) is 77.7 Å². The molecule has 0 unspecified atom stereocenters. The third-order valence-electron chi connectivity index (χ3n) is 4.50. The number of halogens is 1. The zero-order chi connectivity index (χ0) is 23.7. The van der Waals surface area contributed by atoms with Crippen molar-refractivity contribution in [2.45, 2.75) is 24.7 Å². The van der Waals surface area contributed by atoms with Crippen molar-refractivity contribution in [2.24, 2.45) is 0 Å². The lowest BCUT2D eigenvalue weighted by atomic mass is 10.2. The first-order valence-electron chi connectivity index (χ1n) is 10.4. The van der Waals surface area contributed by atoms with Crippen LogP contribution in [-0.2, 0) is 14.8 Å². The van der Waals surface area contributed by atoms with Crippen LogP contribution in [0.4, 0.5) is 11.4 Å². The molecule has 7 nitrogen and oxygen atoms in total. The van der Waals surface area contributed by atoms with E-state index < -0.39 is 10.0 Å². The number of rotatable bonds is 11. The van der Waals surface area contributed by atoms with Gasteiger partial charge in [-0.05, 0) is 86.1 Å². The minimum absolute atomic E-state index is 0.0887. The van der Waals surface area contributed by atoms with Crippen LogP contribution in [0.1, 0.15) is 19.8 Å². The summed E-state index contributed by atoms with van der Waals surface area (Å²) in [6.07, 6.45) is 0.805. The average molecular weight is 489 g/mol. The molecule has 0 saturated heterocycles. The van der Waals surface area contributed by atoms with Crippen molar-refractivity contribution in [3.05, 3.63) is 77.8 Å². The quantitative estimate of drug-likeness (QED) is 0.355.